The lowest BCUT2D eigenvalue weighted by molar-refractivity contribution is -0.139. The Morgan fingerprint density at radius 1 is 1.14 bits per heavy atom. The molecule has 0 unspecified atom stereocenters. The molecule has 2 heterocycles. The normalized spacial score (nSPS) is 18.1. The zero-order valence-corrected chi connectivity index (χ0v) is 15.8. The summed E-state index contributed by atoms with van der Waals surface area (Å²) in [5, 5.41) is 9.29. The van der Waals surface area contributed by atoms with Gasteiger partial charge in [-0.05, 0) is 43.2 Å². The molecule has 0 bridgehead atoms. The van der Waals surface area contributed by atoms with Gasteiger partial charge in [-0.1, -0.05) is 6.07 Å². The van der Waals surface area contributed by atoms with Gasteiger partial charge < -0.3 is 14.9 Å². The SMILES string of the molecule is O=C(c1cccc(F)c1)N1CCN(c2cccnc2C=NC2(C(=O)O)CC2)CC1. The number of carboxylic acid groups (broad SMARTS) is 1. The van der Waals surface area contributed by atoms with Crippen LogP contribution in [-0.2, 0) is 4.79 Å². The number of aliphatic carboxylic acids is 1. The van der Waals surface area contributed by atoms with Crippen molar-refractivity contribution in [1.82, 2.24) is 9.88 Å². The van der Waals surface area contributed by atoms with Gasteiger partial charge in [0.15, 0.2) is 5.54 Å². The smallest absolute Gasteiger partial charge is 0.331 e. The minimum Gasteiger partial charge on any atom is -0.479 e. The molecule has 1 aromatic heterocycles. The molecule has 2 aliphatic rings. The number of hydrogen-bond acceptors (Lipinski definition) is 5. The van der Waals surface area contributed by atoms with Crippen LogP contribution in [0, 0.1) is 5.82 Å². The van der Waals surface area contributed by atoms with E-state index in [9.17, 15) is 19.1 Å². The van der Waals surface area contributed by atoms with Gasteiger partial charge in [-0.3, -0.25) is 14.8 Å². The molecular weight excluding hydrogens is 375 g/mol. The number of piperazine rings is 1. The van der Waals surface area contributed by atoms with E-state index in [0.29, 0.717) is 50.3 Å². The van der Waals surface area contributed by atoms with Crippen LogP contribution < -0.4 is 4.90 Å². The third kappa shape index (κ3) is 3.96. The summed E-state index contributed by atoms with van der Waals surface area (Å²) in [6.45, 7) is 2.19. The number of aromatic nitrogens is 1. The van der Waals surface area contributed by atoms with Crippen molar-refractivity contribution in [2.75, 3.05) is 31.1 Å². The third-order valence-corrected chi connectivity index (χ3v) is 5.35. The fraction of sp³-hybridized carbons (Fsp3) is 0.333. The molecule has 8 heteroatoms. The molecule has 150 valence electrons. The number of nitrogens with zero attached hydrogens (tertiary/aromatic N) is 4. The molecule has 4 rings (SSSR count). The van der Waals surface area contributed by atoms with E-state index in [2.05, 4.69) is 14.9 Å². The van der Waals surface area contributed by atoms with Crippen molar-refractivity contribution < 1.29 is 19.1 Å². The predicted molar refractivity (Wildman–Crippen MR) is 106 cm³/mol. The van der Waals surface area contributed by atoms with E-state index in [-0.39, 0.29) is 5.91 Å². The van der Waals surface area contributed by atoms with E-state index in [0.717, 1.165) is 5.69 Å². The lowest BCUT2D eigenvalue weighted by Gasteiger charge is -2.36. The molecule has 1 saturated heterocycles. The van der Waals surface area contributed by atoms with Gasteiger partial charge in [0, 0.05) is 37.9 Å². The first-order chi connectivity index (χ1) is 14.0. The van der Waals surface area contributed by atoms with Crippen LogP contribution in [0.1, 0.15) is 28.9 Å². The van der Waals surface area contributed by atoms with Crippen LogP contribution in [0.25, 0.3) is 0 Å². The van der Waals surface area contributed by atoms with Crippen molar-refractivity contribution in [3.63, 3.8) is 0 Å². The van der Waals surface area contributed by atoms with Gasteiger partial charge in [-0.25, -0.2) is 9.18 Å². The molecule has 2 fully saturated rings. The van der Waals surface area contributed by atoms with Gasteiger partial charge in [0.25, 0.3) is 5.91 Å². The molecule has 1 N–H and O–H groups in total. The summed E-state index contributed by atoms with van der Waals surface area (Å²) < 4.78 is 13.4. The Morgan fingerprint density at radius 3 is 2.55 bits per heavy atom. The summed E-state index contributed by atoms with van der Waals surface area (Å²) in [4.78, 5) is 36.3. The van der Waals surface area contributed by atoms with Gasteiger partial charge in [0.1, 0.15) is 11.5 Å². The maximum absolute atomic E-state index is 13.4. The zero-order chi connectivity index (χ0) is 20.4. The van der Waals surface area contributed by atoms with Crippen molar-refractivity contribution in [2.24, 2.45) is 4.99 Å². The monoisotopic (exact) mass is 396 g/mol. The molecule has 1 aromatic carbocycles. The maximum Gasteiger partial charge on any atom is 0.331 e. The molecule has 0 atom stereocenters. The second-order valence-electron chi connectivity index (χ2n) is 7.29. The lowest BCUT2D eigenvalue weighted by Crippen LogP contribution is -2.49. The number of pyridine rings is 1. The highest BCUT2D eigenvalue weighted by atomic mass is 19.1. The van der Waals surface area contributed by atoms with Crippen LogP contribution in [0.2, 0.25) is 0 Å². The number of aliphatic imine (C=N–C) groups is 1. The number of halogens is 1. The van der Waals surface area contributed by atoms with E-state index in [4.69, 9.17) is 0 Å². The van der Waals surface area contributed by atoms with Crippen LogP contribution in [0.3, 0.4) is 0 Å². The molecular formula is C21H21FN4O3. The van der Waals surface area contributed by atoms with Crippen LogP contribution >= 0.6 is 0 Å². The summed E-state index contributed by atoms with van der Waals surface area (Å²) in [7, 11) is 0. The molecule has 29 heavy (non-hydrogen) atoms. The van der Waals surface area contributed by atoms with Crippen LogP contribution in [-0.4, -0.2) is 64.8 Å². The van der Waals surface area contributed by atoms with Gasteiger partial charge in [-0.15, -0.1) is 0 Å². The fourth-order valence-corrected chi connectivity index (χ4v) is 3.43. The lowest BCUT2D eigenvalue weighted by atomic mass is 10.1. The van der Waals surface area contributed by atoms with E-state index in [1.165, 1.54) is 18.2 Å². The quantitative estimate of drug-likeness (QED) is 0.784. The Labute approximate surface area is 167 Å². The standard InChI is InChI=1S/C21H21FN4O3/c22-16-4-1-3-15(13-16)19(27)26-11-9-25(10-12-26)18-5-2-8-23-17(18)14-24-21(6-7-21)20(28)29/h1-5,8,13-14H,6-7,9-12H2,(H,28,29). The number of carboxylic acids is 1. The highest BCUT2D eigenvalue weighted by Gasteiger charge is 2.50. The highest BCUT2D eigenvalue weighted by Crippen LogP contribution is 2.40. The number of amides is 1. The molecule has 7 nitrogen and oxygen atoms in total. The molecule has 0 radical (unpaired) electrons. The van der Waals surface area contributed by atoms with Crippen molar-refractivity contribution in [2.45, 2.75) is 18.4 Å². The fourth-order valence-electron chi connectivity index (χ4n) is 3.43. The van der Waals surface area contributed by atoms with Crippen molar-refractivity contribution in [3.8, 4) is 0 Å². The summed E-state index contributed by atoms with van der Waals surface area (Å²) in [5.74, 6) is -1.52. The molecule has 0 spiro atoms. The number of anilines is 1. The van der Waals surface area contributed by atoms with Crippen LogP contribution in [0.15, 0.2) is 47.6 Å². The minimum absolute atomic E-state index is 0.186. The molecule has 1 saturated carbocycles. The summed E-state index contributed by atoms with van der Waals surface area (Å²) in [6.07, 6.45) is 4.28. The Hall–Kier alpha value is -3.29. The average molecular weight is 396 g/mol. The topological polar surface area (TPSA) is 86.1 Å². The van der Waals surface area contributed by atoms with Gasteiger partial charge in [0.2, 0.25) is 0 Å². The number of rotatable bonds is 5. The maximum atomic E-state index is 13.4. The summed E-state index contributed by atoms with van der Waals surface area (Å²) in [6, 6.07) is 9.45. The number of hydrogen-bond donors (Lipinski definition) is 1. The Balaban J connectivity index is 1.45. The second kappa shape index (κ2) is 7.62. The Bertz CT molecular complexity index is 966. The minimum atomic E-state index is -0.995. The van der Waals surface area contributed by atoms with Gasteiger partial charge in [-0.2, -0.15) is 0 Å². The van der Waals surface area contributed by atoms with Crippen LogP contribution in [0.5, 0.6) is 0 Å². The first-order valence-corrected chi connectivity index (χ1v) is 9.52. The Morgan fingerprint density at radius 2 is 1.90 bits per heavy atom. The molecule has 1 aliphatic heterocycles. The highest BCUT2D eigenvalue weighted by molar-refractivity contribution is 5.94. The predicted octanol–water partition coefficient (Wildman–Crippen LogP) is 2.22. The van der Waals surface area contributed by atoms with Crippen molar-refractivity contribution in [1.29, 1.82) is 0 Å². The third-order valence-electron chi connectivity index (χ3n) is 5.35. The van der Waals surface area contributed by atoms with E-state index < -0.39 is 17.3 Å². The number of carbonyl (C=O) groups is 2. The summed E-state index contributed by atoms with van der Waals surface area (Å²) in [5.41, 5.74) is 0.821. The number of benzene rings is 1. The van der Waals surface area contributed by atoms with Crippen LogP contribution in [0.4, 0.5) is 10.1 Å². The largest absolute Gasteiger partial charge is 0.479 e. The average Bonchev–Trinajstić information content (AvgIpc) is 3.54. The van der Waals surface area contributed by atoms with Crippen molar-refractivity contribution >= 4 is 23.8 Å². The van der Waals surface area contributed by atoms with E-state index in [1.807, 2.05) is 12.1 Å². The van der Waals surface area contributed by atoms with Crippen molar-refractivity contribution in [3.05, 3.63) is 59.7 Å². The first-order valence-electron chi connectivity index (χ1n) is 9.52. The zero-order valence-electron chi connectivity index (χ0n) is 15.8. The van der Waals surface area contributed by atoms with Gasteiger partial charge >= 0.3 is 5.97 Å². The first kappa shape index (κ1) is 19.0. The van der Waals surface area contributed by atoms with E-state index in [1.54, 1.807) is 23.4 Å². The molecule has 2 aromatic rings. The Kier molecular flexibility index (Phi) is 5.00. The van der Waals surface area contributed by atoms with Gasteiger partial charge in [0.05, 0.1) is 11.9 Å². The number of carbonyl (C=O) groups excluding carboxylic acids is 1. The summed E-state index contributed by atoms with van der Waals surface area (Å²) >= 11 is 0. The molecule has 1 amide bonds. The molecule has 1 aliphatic carbocycles. The second-order valence-corrected chi connectivity index (χ2v) is 7.29. The van der Waals surface area contributed by atoms with E-state index >= 15 is 0 Å².